The average molecular weight is 360 g/mol. The molecule has 0 saturated carbocycles. The van der Waals surface area contributed by atoms with Gasteiger partial charge in [0.05, 0.1) is 11.0 Å². The second kappa shape index (κ2) is 6.36. The van der Waals surface area contributed by atoms with E-state index in [1.165, 1.54) is 6.07 Å². The molecule has 4 nitrogen and oxygen atoms in total. The third-order valence-electron chi connectivity index (χ3n) is 3.84. The van der Waals surface area contributed by atoms with Gasteiger partial charge in [0, 0.05) is 17.5 Å². The Hall–Kier alpha value is -0.723. The molecule has 1 aromatic rings. The summed E-state index contributed by atoms with van der Waals surface area (Å²) in [6, 6.07) is 6.68. The first-order valence-electron chi connectivity index (χ1n) is 6.56. The van der Waals surface area contributed by atoms with Gasteiger partial charge in [0.1, 0.15) is 0 Å². The van der Waals surface area contributed by atoms with Gasteiger partial charge in [0.25, 0.3) is 5.69 Å². The second-order valence-electron chi connectivity index (χ2n) is 6.37. The molecule has 0 unspecified atom stereocenters. The van der Waals surface area contributed by atoms with Crippen molar-refractivity contribution in [1.29, 1.82) is 0 Å². The van der Waals surface area contributed by atoms with Crippen LogP contribution >= 0.6 is 15.9 Å². The number of hydrogen-bond donors (Lipinski definition) is 0. The first-order chi connectivity index (χ1) is 9.08. The fraction of sp³-hybridized carbons (Fsp3) is 0.571. The van der Waals surface area contributed by atoms with Crippen molar-refractivity contribution in [3.8, 4) is 0 Å². The SMILES string of the molecule is CC(C)(C)[Si](C)(C)O[C@@H](CBr)c1cccc([N+](=O)[O-])c1. The maximum atomic E-state index is 10.9. The van der Waals surface area contributed by atoms with Crippen LogP contribution in [0.15, 0.2) is 24.3 Å². The number of hydrogen-bond acceptors (Lipinski definition) is 3. The van der Waals surface area contributed by atoms with E-state index in [9.17, 15) is 10.1 Å². The van der Waals surface area contributed by atoms with Gasteiger partial charge < -0.3 is 4.43 Å². The molecule has 1 aromatic carbocycles. The van der Waals surface area contributed by atoms with Crippen LogP contribution in [0.4, 0.5) is 5.69 Å². The Balaban J connectivity index is 3.03. The molecule has 0 amide bonds. The summed E-state index contributed by atoms with van der Waals surface area (Å²) in [6.07, 6.45) is -0.157. The Kier molecular flexibility index (Phi) is 5.51. The summed E-state index contributed by atoms with van der Waals surface area (Å²) in [7, 11) is -1.92. The number of halogens is 1. The Morgan fingerprint density at radius 3 is 2.45 bits per heavy atom. The average Bonchev–Trinajstić information content (AvgIpc) is 2.34. The van der Waals surface area contributed by atoms with Crippen LogP contribution in [0.3, 0.4) is 0 Å². The molecular weight excluding hydrogens is 338 g/mol. The topological polar surface area (TPSA) is 52.4 Å². The highest BCUT2D eigenvalue weighted by atomic mass is 79.9. The zero-order chi connectivity index (χ0) is 15.6. The lowest BCUT2D eigenvalue weighted by atomic mass is 10.1. The first kappa shape index (κ1) is 17.3. The molecule has 1 atom stereocenters. The molecule has 0 heterocycles. The predicted molar refractivity (Wildman–Crippen MR) is 87.9 cm³/mol. The molecule has 0 aromatic heterocycles. The van der Waals surface area contributed by atoms with Crippen LogP contribution < -0.4 is 0 Å². The maximum Gasteiger partial charge on any atom is 0.269 e. The molecule has 0 aliphatic heterocycles. The number of benzene rings is 1. The zero-order valence-corrected chi connectivity index (χ0v) is 15.2. The van der Waals surface area contributed by atoms with Crippen LogP contribution in [0.2, 0.25) is 18.1 Å². The molecule has 0 aliphatic carbocycles. The van der Waals surface area contributed by atoms with Gasteiger partial charge in [-0.15, -0.1) is 0 Å². The molecule has 0 saturated heterocycles. The third-order valence-corrected chi connectivity index (χ3v) is 8.91. The number of alkyl halides is 1. The van der Waals surface area contributed by atoms with Crippen molar-refractivity contribution in [3.05, 3.63) is 39.9 Å². The summed E-state index contributed by atoms with van der Waals surface area (Å²) < 4.78 is 6.34. The van der Waals surface area contributed by atoms with Gasteiger partial charge in [-0.25, -0.2) is 0 Å². The lowest BCUT2D eigenvalue weighted by Crippen LogP contribution is -2.42. The minimum Gasteiger partial charge on any atom is -0.409 e. The van der Waals surface area contributed by atoms with Gasteiger partial charge in [-0.05, 0) is 23.7 Å². The number of non-ortho nitro benzene ring substituents is 1. The molecule has 20 heavy (non-hydrogen) atoms. The van der Waals surface area contributed by atoms with Crippen LogP contribution in [-0.4, -0.2) is 18.6 Å². The maximum absolute atomic E-state index is 10.9. The molecule has 1 rings (SSSR count). The molecule has 0 spiro atoms. The Morgan fingerprint density at radius 1 is 1.40 bits per heavy atom. The van der Waals surface area contributed by atoms with Crippen molar-refractivity contribution < 1.29 is 9.35 Å². The van der Waals surface area contributed by atoms with Gasteiger partial charge >= 0.3 is 0 Å². The predicted octanol–water partition coefficient (Wildman–Crippen LogP) is 5.05. The van der Waals surface area contributed by atoms with Crippen molar-refractivity contribution in [3.63, 3.8) is 0 Å². The van der Waals surface area contributed by atoms with E-state index in [4.69, 9.17) is 4.43 Å². The van der Waals surface area contributed by atoms with Gasteiger partial charge in [-0.3, -0.25) is 10.1 Å². The number of rotatable bonds is 5. The summed E-state index contributed by atoms with van der Waals surface area (Å²) in [5.41, 5.74) is 0.952. The fourth-order valence-corrected chi connectivity index (χ4v) is 3.59. The minimum atomic E-state index is -1.92. The van der Waals surface area contributed by atoms with Crippen molar-refractivity contribution >= 4 is 29.9 Å². The smallest absolute Gasteiger partial charge is 0.269 e. The van der Waals surface area contributed by atoms with E-state index in [0.29, 0.717) is 5.33 Å². The summed E-state index contributed by atoms with van der Waals surface area (Å²) in [5, 5.41) is 11.6. The van der Waals surface area contributed by atoms with E-state index in [0.717, 1.165) is 5.56 Å². The molecule has 0 fully saturated rings. The van der Waals surface area contributed by atoms with Gasteiger partial charge in [0.15, 0.2) is 8.32 Å². The lowest BCUT2D eigenvalue weighted by molar-refractivity contribution is -0.385. The second-order valence-corrected chi connectivity index (χ2v) is 11.8. The van der Waals surface area contributed by atoms with Crippen molar-refractivity contribution in [2.24, 2.45) is 0 Å². The van der Waals surface area contributed by atoms with Gasteiger partial charge in [-0.1, -0.05) is 48.8 Å². The van der Waals surface area contributed by atoms with E-state index in [2.05, 4.69) is 49.8 Å². The minimum absolute atomic E-state index is 0.104. The van der Waals surface area contributed by atoms with Crippen molar-refractivity contribution in [2.45, 2.75) is 45.0 Å². The van der Waals surface area contributed by atoms with E-state index < -0.39 is 8.32 Å². The lowest BCUT2D eigenvalue weighted by Gasteiger charge is -2.39. The number of nitrogens with zero attached hydrogens (tertiary/aromatic N) is 1. The standard InChI is InChI=1S/C14H22BrNO3Si/c1-14(2,3)20(4,5)19-13(10-15)11-7-6-8-12(9-11)16(17)18/h6-9,13H,10H2,1-5H3/t13-/m0/s1. The van der Waals surface area contributed by atoms with E-state index >= 15 is 0 Å². The van der Waals surface area contributed by atoms with Crippen LogP contribution in [0, 0.1) is 10.1 Å². The highest BCUT2D eigenvalue weighted by molar-refractivity contribution is 9.09. The summed E-state index contributed by atoms with van der Waals surface area (Å²) in [6.45, 7) is 10.9. The Labute approximate surface area is 129 Å². The Bertz CT molecular complexity index is 486. The van der Waals surface area contributed by atoms with Crippen molar-refractivity contribution in [1.82, 2.24) is 0 Å². The summed E-state index contributed by atoms with van der Waals surface area (Å²) in [4.78, 5) is 10.5. The van der Waals surface area contributed by atoms with Crippen LogP contribution in [0.1, 0.15) is 32.4 Å². The fourth-order valence-electron chi connectivity index (χ4n) is 1.56. The number of nitro groups is 1. The number of nitro benzene ring substituents is 1. The molecule has 0 bridgehead atoms. The van der Waals surface area contributed by atoms with Crippen LogP contribution in [-0.2, 0) is 4.43 Å². The largest absolute Gasteiger partial charge is 0.409 e. The van der Waals surface area contributed by atoms with Gasteiger partial charge in [-0.2, -0.15) is 0 Å². The molecule has 0 N–H and O–H groups in total. The van der Waals surface area contributed by atoms with Crippen LogP contribution in [0.25, 0.3) is 0 Å². The molecule has 0 radical (unpaired) electrons. The Morgan fingerprint density at radius 2 is 2.00 bits per heavy atom. The highest BCUT2D eigenvalue weighted by Gasteiger charge is 2.39. The highest BCUT2D eigenvalue weighted by Crippen LogP contribution is 2.40. The van der Waals surface area contributed by atoms with Crippen molar-refractivity contribution in [2.75, 3.05) is 5.33 Å². The van der Waals surface area contributed by atoms with E-state index in [1.807, 2.05) is 6.07 Å². The molecule has 6 heteroatoms. The molecule has 112 valence electrons. The summed E-state index contributed by atoms with van der Waals surface area (Å²) >= 11 is 3.46. The summed E-state index contributed by atoms with van der Waals surface area (Å²) in [5.74, 6) is 0. The van der Waals surface area contributed by atoms with Crippen LogP contribution in [0.5, 0.6) is 0 Å². The van der Waals surface area contributed by atoms with Gasteiger partial charge in [0.2, 0.25) is 0 Å². The molecular formula is C14H22BrNO3Si. The quantitative estimate of drug-likeness (QED) is 0.319. The van der Waals surface area contributed by atoms with E-state index in [1.54, 1.807) is 12.1 Å². The zero-order valence-electron chi connectivity index (χ0n) is 12.6. The molecule has 0 aliphatic rings. The third kappa shape index (κ3) is 4.13. The monoisotopic (exact) mass is 359 g/mol. The van der Waals surface area contributed by atoms with E-state index in [-0.39, 0.29) is 21.8 Å². The normalized spacial score (nSPS) is 14.1. The first-order valence-corrected chi connectivity index (χ1v) is 10.6.